The highest BCUT2D eigenvalue weighted by Crippen LogP contribution is 2.20. The Morgan fingerprint density at radius 3 is 2.30 bits per heavy atom. The molecule has 23 heavy (non-hydrogen) atoms. The van der Waals surface area contributed by atoms with Crippen molar-refractivity contribution in [3.05, 3.63) is 64.7 Å². The van der Waals surface area contributed by atoms with Crippen molar-refractivity contribution in [3.8, 4) is 0 Å². The van der Waals surface area contributed by atoms with E-state index in [4.69, 9.17) is 11.6 Å². The lowest BCUT2D eigenvalue weighted by Gasteiger charge is -2.11. The van der Waals surface area contributed by atoms with Gasteiger partial charge in [0.15, 0.2) is 0 Å². The minimum atomic E-state index is -0.914. The van der Waals surface area contributed by atoms with Gasteiger partial charge in [0.25, 0.3) is 0 Å². The molecule has 0 spiro atoms. The molecule has 0 radical (unpaired) electrons. The number of benzene rings is 2. The second kappa shape index (κ2) is 8.13. The largest absolute Gasteiger partial charge is 0.334 e. The lowest BCUT2D eigenvalue weighted by molar-refractivity contribution is 0.251. The van der Waals surface area contributed by atoms with E-state index < -0.39 is 10.8 Å². The first kappa shape index (κ1) is 17.5. The maximum absolute atomic E-state index is 11.9. The maximum Gasteiger partial charge on any atom is 0.319 e. The first-order chi connectivity index (χ1) is 11.0. The molecule has 4 nitrogen and oxygen atoms in total. The van der Waals surface area contributed by atoms with Gasteiger partial charge in [-0.2, -0.15) is 0 Å². The van der Waals surface area contributed by atoms with Gasteiger partial charge in [-0.05, 0) is 42.3 Å². The van der Waals surface area contributed by atoms with Gasteiger partial charge in [-0.25, -0.2) is 4.79 Å². The molecule has 2 N–H and O–H groups in total. The summed E-state index contributed by atoms with van der Waals surface area (Å²) in [5.74, 6) is 0. The number of hydrogen-bond acceptors (Lipinski definition) is 2. The van der Waals surface area contributed by atoms with Crippen LogP contribution in [-0.4, -0.2) is 16.5 Å². The normalized spacial score (nSPS) is 13.2. The first-order valence-electron chi connectivity index (χ1n) is 7.17. The fourth-order valence-corrected chi connectivity index (χ4v) is 2.66. The molecule has 0 aliphatic carbocycles. The number of anilines is 1. The summed E-state index contributed by atoms with van der Waals surface area (Å²) < 4.78 is 11.5. The summed E-state index contributed by atoms with van der Waals surface area (Å²) in [5.41, 5.74) is 2.65. The third-order valence-corrected chi connectivity index (χ3v) is 5.02. The van der Waals surface area contributed by atoms with Crippen LogP contribution in [0.25, 0.3) is 0 Å². The molecule has 2 aromatic carbocycles. The molecule has 0 saturated heterocycles. The van der Waals surface area contributed by atoms with Crippen molar-refractivity contribution in [2.75, 3.05) is 11.6 Å². The number of hydrogen-bond donors (Lipinski definition) is 2. The smallest absolute Gasteiger partial charge is 0.319 e. The number of carbonyl (C=O) groups is 1. The van der Waals surface area contributed by atoms with Gasteiger partial charge in [-0.15, -0.1) is 0 Å². The Morgan fingerprint density at radius 1 is 1.13 bits per heavy atom. The van der Waals surface area contributed by atoms with Crippen LogP contribution in [0.4, 0.5) is 10.5 Å². The molecule has 0 bridgehead atoms. The molecule has 2 amide bonds. The lowest BCUT2D eigenvalue weighted by Crippen LogP contribution is -2.28. The van der Waals surface area contributed by atoms with Crippen LogP contribution in [0.5, 0.6) is 0 Å². The average Bonchev–Trinajstić information content (AvgIpc) is 2.54. The molecular formula is C17H19ClN2O2S. The minimum absolute atomic E-state index is 0.0252. The summed E-state index contributed by atoms with van der Waals surface area (Å²) in [6.07, 6.45) is 1.68. The first-order valence-corrected chi connectivity index (χ1v) is 9.17. The molecule has 2 atom stereocenters. The average molecular weight is 351 g/mol. The zero-order valence-corrected chi connectivity index (χ0v) is 14.6. The summed E-state index contributed by atoms with van der Waals surface area (Å²) in [4.78, 5) is 11.9. The Bertz CT molecular complexity index is 687. The highest BCUT2D eigenvalue weighted by atomic mass is 35.5. The number of halogens is 1. The molecule has 6 heteroatoms. The Hall–Kier alpha value is -1.85. The summed E-state index contributed by atoms with van der Waals surface area (Å²) in [6, 6.07) is 14.4. The highest BCUT2D eigenvalue weighted by Gasteiger charge is 2.09. The van der Waals surface area contributed by atoms with Gasteiger partial charge in [0.05, 0.1) is 5.25 Å². The summed E-state index contributed by atoms with van der Waals surface area (Å²) in [7, 11) is -0.914. The SMILES string of the molecule is CC(c1ccc(NC(=O)NCc2ccc(Cl)cc2)cc1)S(C)=O. The van der Waals surface area contributed by atoms with Gasteiger partial charge in [-0.1, -0.05) is 35.9 Å². The number of nitrogens with one attached hydrogen (secondary N) is 2. The molecule has 122 valence electrons. The van der Waals surface area contributed by atoms with Gasteiger partial charge in [0.2, 0.25) is 0 Å². The Kier molecular flexibility index (Phi) is 6.19. The fourth-order valence-electron chi connectivity index (χ4n) is 1.99. The van der Waals surface area contributed by atoms with E-state index in [9.17, 15) is 9.00 Å². The molecule has 0 aromatic heterocycles. The van der Waals surface area contributed by atoms with E-state index in [1.807, 2.05) is 31.2 Å². The van der Waals surface area contributed by atoms with E-state index in [2.05, 4.69) is 10.6 Å². The maximum atomic E-state index is 11.9. The topological polar surface area (TPSA) is 58.2 Å². The molecule has 0 heterocycles. The summed E-state index contributed by atoms with van der Waals surface area (Å²) in [5, 5.41) is 6.19. The summed E-state index contributed by atoms with van der Waals surface area (Å²) in [6.45, 7) is 2.34. The van der Waals surface area contributed by atoms with Crippen LogP contribution >= 0.6 is 11.6 Å². The minimum Gasteiger partial charge on any atom is -0.334 e. The van der Waals surface area contributed by atoms with Gasteiger partial charge in [-0.3, -0.25) is 4.21 Å². The third kappa shape index (κ3) is 5.37. The van der Waals surface area contributed by atoms with Gasteiger partial charge in [0, 0.05) is 34.3 Å². The second-order valence-corrected chi connectivity index (χ2v) is 7.34. The Labute approximate surface area is 143 Å². The number of urea groups is 1. The number of rotatable bonds is 5. The van der Waals surface area contributed by atoms with Crippen molar-refractivity contribution in [2.24, 2.45) is 0 Å². The summed E-state index contributed by atoms with van der Waals surface area (Å²) >= 11 is 5.82. The van der Waals surface area contributed by atoms with Crippen molar-refractivity contribution in [1.29, 1.82) is 0 Å². The quantitative estimate of drug-likeness (QED) is 0.852. The van der Waals surface area contributed by atoms with E-state index in [-0.39, 0.29) is 11.3 Å². The zero-order valence-electron chi connectivity index (χ0n) is 13.0. The molecule has 0 fully saturated rings. The van der Waals surface area contributed by atoms with E-state index >= 15 is 0 Å². The van der Waals surface area contributed by atoms with Gasteiger partial charge in [0.1, 0.15) is 0 Å². The van der Waals surface area contributed by atoms with E-state index in [0.717, 1.165) is 11.1 Å². The molecular weight excluding hydrogens is 332 g/mol. The predicted molar refractivity (Wildman–Crippen MR) is 96.2 cm³/mol. The molecule has 2 aromatic rings. The van der Waals surface area contributed by atoms with Crippen LogP contribution in [0.15, 0.2) is 48.5 Å². The van der Waals surface area contributed by atoms with Crippen LogP contribution in [0.3, 0.4) is 0 Å². The predicted octanol–water partition coefficient (Wildman–Crippen LogP) is 4.10. The van der Waals surface area contributed by atoms with Crippen molar-refractivity contribution in [1.82, 2.24) is 5.32 Å². The number of amides is 2. The monoisotopic (exact) mass is 350 g/mol. The van der Waals surface area contributed by atoms with Gasteiger partial charge >= 0.3 is 6.03 Å². The van der Waals surface area contributed by atoms with E-state index in [1.54, 1.807) is 30.5 Å². The third-order valence-electron chi connectivity index (χ3n) is 3.50. The highest BCUT2D eigenvalue weighted by molar-refractivity contribution is 7.84. The Balaban J connectivity index is 1.87. The van der Waals surface area contributed by atoms with Crippen molar-refractivity contribution in [3.63, 3.8) is 0 Å². The molecule has 0 saturated carbocycles. The lowest BCUT2D eigenvalue weighted by atomic mass is 10.1. The van der Waals surface area contributed by atoms with Crippen LogP contribution in [0.2, 0.25) is 5.02 Å². The second-order valence-electron chi connectivity index (χ2n) is 5.20. The van der Waals surface area contributed by atoms with Crippen molar-refractivity contribution < 1.29 is 9.00 Å². The van der Waals surface area contributed by atoms with Crippen LogP contribution < -0.4 is 10.6 Å². The van der Waals surface area contributed by atoms with Crippen molar-refractivity contribution in [2.45, 2.75) is 18.7 Å². The van der Waals surface area contributed by atoms with Crippen molar-refractivity contribution >= 4 is 34.1 Å². The molecule has 2 unspecified atom stereocenters. The fraction of sp³-hybridized carbons (Fsp3) is 0.235. The van der Waals surface area contributed by atoms with Crippen LogP contribution in [0, 0.1) is 0 Å². The van der Waals surface area contributed by atoms with Crippen LogP contribution in [-0.2, 0) is 17.3 Å². The van der Waals surface area contributed by atoms with E-state index in [1.165, 1.54) is 0 Å². The molecule has 0 aliphatic heterocycles. The standard InChI is InChI=1S/C17H19ClN2O2S/c1-12(23(2)22)14-5-9-16(10-6-14)20-17(21)19-11-13-3-7-15(18)8-4-13/h3-10,12H,11H2,1-2H3,(H2,19,20,21). The Morgan fingerprint density at radius 2 is 1.74 bits per heavy atom. The molecule has 2 rings (SSSR count). The van der Waals surface area contributed by atoms with Gasteiger partial charge < -0.3 is 10.6 Å². The zero-order chi connectivity index (χ0) is 16.8. The van der Waals surface area contributed by atoms with E-state index in [0.29, 0.717) is 17.3 Å². The molecule has 0 aliphatic rings. The van der Waals surface area contributed by atoms with Crippen LogP contribution in [0.1, 0.15) is 23.3 Å². The number of carbonyl (C=O) groups excluding carboxylic acids is 1.